The van der Waals surface area contributed by atoms with Crippen LogP contribution in [0.2, 0.25) is 0 Å². The van der Waals surface area contributed by atoms with E-state index in [0.29, 0.717) is 13.0 Å². The molecule has 2 N–H and O–H groups in total. The largest absolute Gasteiger partial charge is 0.356 e. The summed E-state index contributed by atoms with van der Waals surface area (Å²) < 4.78 is 0. The van der Waals surface area contributed by atoms with Gasteiger partial charge in [-0.15, -0.1) is 0 Å². The molecule has 0 aromatic rings. The van der Waals surface area contributed by atoms with Crippen molar-refractivity contribution in [1.82, 2.24) is 10.6 Å². The maximum atomic E-state index is 11.3. The normalized spacial score (nSPS) is 20.4. The smallest absolute Gasteiger partial charge is 0.223 e. The Bertz CT molecular complexity index is 263. The second-order valence-corrected chi connectivity index (χ2v) is 3.43. The van der Waals surface area contributed by atoms with Gasteiger partial charge in [0, 0.05) is 25.8 Å². The fourth-order valence-corrected chi connectivity index (χ4v) is 1.41. The Hall–Kier alpha value is -1.39. The van der Waals surface area contributed by atoms with Crippen LogP contribution in [0.3, 0.4) is 0 Å². The Morgan fingerprint density at radius 2 is 2.29 bits per heavy atom. The molecular formula is C9H14N2O3. The van der Waals surface area contributed by atoms with Gasteiger partial charge < -0.3 is 10.6 Å². The minimum atomic E-state index is -0.228. The molecule has 1 rings (SSSR count). The molecule has 0 aliphatic carbocycles. The molecule has 0 bridgehead atoms. The van der Waals surface area contributed by atoms with E-state index in [4.69, 9.17) is 0 Å². The van der Waals surface area contributed by atoms with Crippen LogP contribution in [-0.2, 0) is 14.4 Å². The first-order chi connectivity index (χ1) is 6.59. The first kappa shape index (κ1) is 10.7. The summed E-state index contributed by atoms with van der Waals surface area (Å²) in [7, 11) is 0. The summed E-state index contributed by atoms with van der Waals surface area (Å²) in [5.41, 5.74) is 0. The van der Waals surface area contributed by atoms with Crippen molar-refractivity contribution in [1.29, 1.82) is 0 Å². The lowest BCUT2D eigenvalue weighted by molar-refractivity contribution is -0.127. The van der Waals surface area contributed by atoms with Crippen molar-refractivity contribution in [3.63, 3.8) is 0 Å². The molecule has 1 saturated heterocycles. The van der Waals surface area contributed by atoms with Gasteiger partial charge in [-0.1, -0.05) is 0 Å². The molecule has 1 heterocycles. The monoisotopic (exact) mass is 198 g/mol. The molecule has 0 saturated carbocycles. The molecular weight excluding hydrogens is 184 g/mol. The van der Waals surface area contributed by atoms with E-state index in [9.17, 15) is 14.4 Å². The molecule has 1 aliphatic rings. The minimum absolute atomic E-state index is 0.0269. The number of nitrogens with one attached hydrogen (secondary N) is 2. The number of Topliss-reactive ketones (excluding diaryl/α,β-unsaturated/α-hetero) is 1. The van der Waals surface area contributed by atoms with Crippen LogP contribution in [0.25, 0.3) is 0 Å². The number of amides is 2. The Morgan fingerprint density at radius 1 is 1.57 bits per heavy atom. The van der Waals surface area contributed by atoms with Gasteiger partial charge in [0.15, 0.2) is 5.78 Å². The number of carbonyl (C=O) groups excluding carboxylic acids is 3. The zero-order valence-corrected chi connectivity index (χ0v) is 8.13. The Kier molecular flexibility index (Phi) is 3.62. The minimum Gasteiger partial charge on any atom is -0.356 e. The van der Waals surface area contributed by atoms with Crippen LogP contribution >= 0.6 is 0 Å². The van der Waals surface area contributed by atoms with Crippen LogP contribution in [0.1, 0.15) is 19.8 Å². The Balaban J connectivity index is 2.26. The molecule has 5 nitrogen and oxygen atoms in total. The van der Waals surface area contributed by atoms with Crippen molar-refractivity contribution in [3.8, 4) is 0 Å². The summed E-state index contributed by atoms with van der Waals surface area (Å²) in [6.07, 6.45) is 0.941. The maximum Gasteiger partial charge on any atom is 0.223 e. The SMILES string of the molecule is CC(=O)NCC(=O)C[C@H]1CCNC1=O. The predicted molar refractivity (Wildman–Crippen MR) is 49.4 cm³/mol. The number of hydrogen-bond acceptors (Lipinski definition) is 3. The molecule has 5 heteroatoms. The standard InChI is InChI=1S/C9H14N2O3/c1-6(12)11-5-8(13)4-7-2-3-10-9(7)14/h7H,2-5H2,1H3,(H,10,14)(H,11,12)/t7-/m1/s1. The number of rotatable bonds is 4. The zero-order chi connectivity index (χ0) is 10.6. The molecule has 1 aliphatic heterocycles. The highest BCUT2D eigenvalue weighted by atomic mass is 16.2. The van der Waals surface area contributed by atoms with Crippen LogP contribution < -0.4 is 10.6 Å². The molecule has 78 valence electrons. The van der Waals surface area contributed by atoms with Crippen molar-refractivity contribution in [3.05, 3.63) is 0 Å². The van der Waals surface area contributed by atoms with Crippen LogP contribution in [-0.4, -0.2) is 30.7 Å². The number of ketones is 1. The third kappa shape index (κ3) is 3.16. The van der Waals surface area contributed by atoms with Gasteiger partial charge >= 0.3 is 0 Å². The second-order valence-electron chi connectivity index (χ2n) is 3.43. The highest BCUT2D eigenvalue weighted by Gasteiger charge is 2.26. The number of carbonyl (C=O) groups is 3. The summed E-state index contributed by atoms with van der Waals surface area (Å²) in [5, 5.41) is 5.08. The first-order valence-corrected chi connectivity index (χ1v) is 4.63. The quantitative estimate of drug-likeness (QED) is 0.622. The van der Waals surface area contributed by atoms with Gasteiger partial charge in [0.05, 0.1) is 6.54 Å². The molecule has 1 atom stereocenters. The topological polar surface area (TPSA) is 75.3 Å². The average molecular weight is 198 g/mol. The van der Waals surface area contributed by atoms with Crippen LogP contribution in [0.15, 0.2) is 0 Å². The van der Waals surface area contributed by atoms with Gasteiger partial charge in [-0.25, -0.2) is 0 Å². The molecule has 1 fully saturated rings. The third-order valence-corrected chi connectivity index (χ3v) is 2.17. The van der Waals surface area contributed by atoms with Gasteiger partial charge in [0.25, 0.3) is 0 Å². The first-order valence-electron chi connectivity index (χ1n) is 4.63. The lowest BCUT2D eigenvalue weighted by atomic mass is 10.0. The lowest BCUT2D eigenvalue weighted by Gasteiger charge is -2.05. The average Bonchev–Trinajstić information content (AvgIpc) is 2.49. The summed E-state index contributed by atoms with van der Waals surface area (Å²) in [6, 6.07) is 0. The van der Waals surface area contributed by atoms with Gasteiger partial charge in [-0.3, -0.25) is 14.4 Å². The van der Waals surface area contributed by atoms with Gasteiger partial charge in [0.2, 0.25) is 11.8 Å². The maximum absolute atomic E-state index is 11.3. The van der Waals surface area contributed by atoms with Crippen LogP contribution in [0.5, 0.6) is 0 Å². The second kappa shape index (κ2) is 4.74. The summed E-state index contributed by atoms with van der Waals surface area (Å²) in [6.45, 7) is 2.03. The molecule has 14 heavy (non-hydrogen) atoms. The molecule has 0 aromatic heterocycles. The van der Waals surface area contributed by atoms with Crippen molar-refractivity contribution >= 4 is 17.6 Å². The fourth-order valence-electron chi connectivity index (χ4n) is 1.41. The van der Waals surface area contributed by atoms with Crippen molar-refractivity contribution in [2.24, 2.45) is 5.92 Å². The van der Waals surface area contributed by atoms with Crippen molar-refractivity contribution in [2.45, 2.75) is 19.8 Å². The zero-order valence-electron chi connectivity index (χ0n) is 8.13. The fraction of sp³-hybridized carbons (Fsp3) is 0.667. The van der Waals surface area contributed by atoms with E-state index in [1.807, 2.05) is 0 Å². The predicted octanol–water partition coefficient (Wildman–Crippen LogP) is -0.782. The summed E-state index contributed by atoms with van der Waals surface area (Å²) in [5.74, 6) is -0.575. The van der Waals surface area contributed by atoms with Crippen LogP contribution in [0.4, 0.5) is 0 Å². The van der Waals surface area contributed by atoms with Gasteiger partial charge in [-0.2, -0.15) is 0 Å². The van der Waals surface area contributed by atoms with Gasteiger partial charge in [0.1, 0.15) is 0 Å². The Labute approximate surface area is 82.2 Å². The van der Waals surface area contributed by atoms with Gasteiger partial charge in [-0.05, 0) is 6.42 Å². The van der Waals surface area contributed by atoms with Crippen molar-refractivity contribution in [2.75, 3.05) is 13.1 Å². The summed E-state index contributed by atoms with van der Waals surface area (Å²) in [4.78, 5) is 32.9. The van der Waals surface area contributed by atoms with E-state index in [1.165, 1.54) is 6.92 Å². The molecule has 0 unspecified atom stereocenters. The van der Waals surface area contributed by atoms with E-state index in [-0.39, 0.29) is 36.5 Å². The van der Waals surface area contributed by atoms with Crippen molar-refractivity contribution < 1.29 is 14.4 Å². The van der Waals surface area contributed by atoms with E-state index in [0.717, 1.165) is 0 Å². The van der Waals surface area contributed by atoms with Crippen LogP contribution in [0, 0.1) is 5.92 Å². The molecule has 2 amide bonds. The summed E-state index contributed by atoms with van der Waals surface area (Å²) >= 11 is 0. The molecule has 0 radical (unpaired) electrons. The van der Waals surface area contributed by atoms with E-state index in [1.54, 1.807) is 0 Å². The highest BCUT2D eigenvalue weighted by Crippen LogP contribution is 2.13. The van der Waals surface area contributed by atoms with E-state index in [2.05, 4.69) is 10.6 Å². The number of hydrogen-bond donors (Lipinski definition) is 2. The lowest BCUT2D eigenvalue weighted by Crippen LogP contribution is -2.29. The van der Waals surface area contributed by atoms with E-state index >= 15 is 0 Å². The van der Waals surface area contributed by atoms with E-state index < -0.39 is 0 Å². The highest BCUT2D eigenvalue weighted by molar-refractivity contribution is 5.90. The molecule has 0 aromatic carbocycles. The Morgan fingerprint density at radius 3 is 2.79 bits per heavy atom. The third-order valence-electron chi connectivity index (χ3n) is 2.17. The molecule has 0 spiro atoms.